The van der Waals surface area contributed by atoms with Gasteiger partial charge in [-0.2, -0.15) is 0 Å². The van der Waals surface area contributed by atoms with Crippen LogP contribution in [0.5, 0.6) is 0 Å². The second kappa shape index (κ2) is 5.62. The molecule has 1 aromatic heterocycles. The van der Waals surface area contributed by atoms with Crippen LogP contribution in [0.1, 0.15) is 16.4 Å². The van der Waals surface area contributed by atoms with E-state index in [1.807, 2.05) is 12.1 Å². The van der Waals surface area contributed by atoms with Gasteiger partial charge < -0.3 is 5.11 Å². The summed E-state index contributed by atoms with van der Waals surface area (Å²) < 4.78 is 1.06. The van der Waals surface area contributed by atoms with Gasteiger partial charge in [-0.3, -0.25) is 0 Å². The molecule has 0 radical (unpaired) electrons. The van der Waals surface area contributed by atoms with Crippen LogP contribution in [0.25, 0.3) is 0 Å². The second-order valence-electron chi connectivity index (χ2n) is 3.72. The number of halogens is 1. The summed E-state index contributed by atoms with van der Waals surface area (Å²) in [4.78, 5) is 1.32. The smallest absolute Gasteiger partial charge is 0.0503 e. The SMILES string of the molecule is OCC(Cc1cccs1)c1cccc(Br)c1. The first-order valence-corrected chi connectivity index (χ1v) is 6.85. The lowest BCUT2D eigenvalue weighted by atomic mass is 9.96. The molecule has 0 bridgehead atoms. The van der Waals surface area contributed by atoms with Crippen LogP contribution in [0.2, 0.25) is 0 Å². The molecule has 0 saturated heterocycles. The first-order valence-electron chi connectivity index (χ1n) is 5.18. The molecular formula is C13H13BrOS. The highest BCUT2D eigenvalue weighted by atomic mass is 79.9. The fourth-order valence-corrected chi connectivity index (χ4v) is 2.92. The molecule has 1 N–H and O–H groups in total. The maximum absolute atomic E-state index is 9.46. The maximum Gasteiger partial charge on any atom is 0.0503 e. The van der Waals surface area contributed by atoms with Gasteiger partial charge in [0.15, 0.2) is 0 Å². The fourth-order valence-electron chi connectivity index (χ4n) is 1.72. The van der Waals surface area contributed by atoms with E-state index in [4.69, 9.17) is 0 Å². The number of aliphatic hydroxyl groups is 1. The van der Waals surface area contributed by atoms with Crippen LogP contribution in [0.3, 0.4) is 0 Å². The van der Waals surface area contributed by atoms with Gasteiger partial charge in [-0.05, 0) is 35.6 Å². The summed E-state index contributed by atoms with van der Waals surface area (Å²) in [6.45, 7) is 0.189. The molecule has 0 aliphatic carbocycles. The maximum atomic E-state index is 9.46. The van der Waals surface area contributed by atoms with E-state index in [0.717, 1.165) is 10.9 Å². The Hall–Kier alpha value is -0.640. The van der Waals surface area contributed by atoms with Gasteiger partial charge in [0.05, 0.1) is 6.61 Å². The summed E-state index contributed by atoms with van der Waals surface area (Å²) in [6.07, 6.45) is 0.907. The van der Waals surface area contributed by atoms with Crippen molar-refractivity contribution in [2.75, 3.05) is 6.61 Å². The average molecular weight is 297 g/mol. The first-order chi connectivity index (χ1) is 7.79. The Morgan fingerprint density at radius 2 is 2.12 bits per heavy atom. The molecule has 1 aromatic carbocycles. The van der Waals surface area contributed by atoms with Gasteiger partial charge in [-0.25, -0.2) is 0 Å². The Morgan fingerprint density at radius 3 is 2.75 bits per heavy atom. The quantitative estimate of drug-likeness (QED) is 0.909. The van der Waals surface area contributed by atoms with Crippen molar-refractivity contribution in [3.63, 3.8) is 0 Å². The van der Waals surface area contributed by atoms with Gasteiger partial charge in [0.2, 0.25) is 0 Å². The van der Waals surface area contributed by atoms with Gasteiger partial charge in [0.1, 0.15) is 0 Å². The van der Waals surface area contributed by atoms with Gasteiger partial charge in [0, 0.05) is 15.3 Å². The topological polar surface area (TPSA) is 20.2 Å². The molecule has 1 heterocycles. The van der Waals surface area contributed by atoms with E-state index in [2.05, 4.69) is 45.6 Å². The van der Waals surface area contributed by atoms with Gasteiger partial charge >= 0.3 is 0 Å². The van der Waals surface area contributed by atoms with Crippen molar-refractivity contribution in [1.82, 2.24) is 0 Å². The van der Waals surface area contributed by atoms with Gasteiger partial charge in [-0.1, -0.05) is 34.1 Å². The standard InChI is InChI=1S/C13H13BrOS/c14-12-4-1-3-10(7-12)11(9-15)8-13-5-2-6-16-13/h1-7,11,15H,8-9H2. The number of benzene rings is 1. The molecule has 16 heavy (non-hydrogen) atoms. The molecule has 1 unspecified atom stereocenters. The molecule has 1 nitrogen and oxygen atoms in total. The molecule has 0 aliphatic heterocycles. The van der Waals surface area contributed by atoms with E-state index < -0.39 is 0 Å². The van der Waals surface area contributed by atoms with Crippen LogP contribution < -0.4 is 0 Å². The summed E-state index contributed by atoms with van der Waals surface area (Å²) in [5.74, 6) is 0.191. The Kier molecular flexibility index (Phi) is 4.16. The molecule has 1 atom stereocenters. The highest BCUT2D eigenvalue weighted by molar-refractivity contribution is 9.10. The van der Waals surface area contributed by atoms with Crippen LogP contribution in [0.15, 0.2) is 46.3 Å². The number of hydrogen-bond acceptors (Lipinski definition) is 2. The van der Waals surface area contributed by atoms with Crippen LogP contribution in [0, 0.1) is 0 Å². The van der Waals surface area contributed by atoms with Crippen LogP contribution in [-0.4, -0.2) is 11.7 Å². The average Bonchev–Trinajstić information content (AvgIpc) is 2.78. The lowest BCUT2D eigenvalue weighted by Gasteiger charge is -2.13. The second-order valence-corrected chi connectivity index (χ2v) is 5.67. The predicted octanol–water partition coefficient (Wildman–Crippen LogP) is 3.83. The molecule has 3 heteroatoms. The van der Waals surface area contributed by atoms with E-state index in [1.165, 1.54) is 10.4 Å². The molecule has 0 amide bonds. The minimum atomic E-state index is 0.189. The van der Waals surface area contributed by atoms with Crippen LogP contribution in [0.4, 0.5) is 0 Å². The van der Waals surface area contributed by atoms with Crippen LogP contribution >= 0.6 is 27.3 Å². The summed E-state index contributed by atoms with van der Waals surface area (Å²) in [5, 5.41) is 11.5. The van der Waals surface area contributed by atoms with E-state index in [9.17, 15) is 5.11 Å². The van der Waals surface area contributed by atoms with E-state index in [1.54, 1.807) is 11.3 Å². The van der Waals surface area contributed by atoms with Crippen molar-refractivity contribution >= 4 is 27.3 Å². The largest absolute Gasteiger partial charge is 0.396 e. The number of rotatable bonds is 4. The summed E-state index contributed by atoms with van der Waals surface area (Å²) in [5.41, 5.74) is 1.19. The van der Waals surface area contributed by atoms with Crippen LogP contribution in [-0.2, 0) is 6.42 Å². The Balaban J connectivity index is 2.16. The third-order valence-electron chi connectivity index (χ3n) is 2.57. The number of hydrogen-bond donors (Lipinski definition) is 1. The molecule has 0 saturated carbocycles. The van der Waals surface area contributed by atoms with Crippen molar-refractivity contribution < 1.29 is 5.11 Å². The van der Waals surface area contributed by atoms with Crippen molar-refractivity contribution in [2.24, 2.45) is 0 Å². The van der Waals surface area contributed by atoms with E-state index >= 15 is 0 Å². The summed E-state index contributed by atoms with van der Waals surface area (Å²) in [7, 11) is 0. The van der Waals surface area contributed by atoms with Crippen molar-refractivity contribution in [3.05, 3.63) is 56.7 Å². The van der Waals surface area contributed by atoms with E-state index in [0.29, 0.717) is 0 Å². The fraction of sp³-hybridized carbons (Fsp3) is 0.231. The Bertz CT molecular complexity index is 439. The molecule has 0 spiro atoms. The summed E-state index contributed by atoms with van der Waals surface area (Å²) >= 11 is 5.20. The Morgan fingerprint density at radius 1 is 1.25 bits per heavy atom. The minimum Gasteiger partial charge on any atom is -0.396 e. The summed E-state index contributed by atoms with van der Waals surface area (Å²) in [6, 6.07) is 12.3. The normalized spacial score (nSPS) is 12.6. The molecule has 2 rings (SSSR count). The Labute approximate surface area is 108 Å². The predicted molar refractivity (Wildman–Crippen MR) is 72.0 cm³/mol. The van der Waals surface area contributed by atoms with Gasteiger partial charge in [-0.15, -0.1) is 11.3 Å². The third-order valence-corrected chi connectivity index (χ3v) is 3.96. The highest BCUT2D eigenvalue weighted by Crippen LogP contribution is 2.25. The van der Waals surface area contributed by atoms with Crippen molar-refractivity contribution in [1.29, 1.82) is 0 Å². The molecule has 84 valence electrons. The lowest BCUT2D eigenvalue weighted by molar-refractivity contribution is 0.265. The zero-order valence-electron chi connectivity index (χ0n) is 8.77. The molecule has 0 aliphatic rings. The monoisotopic (exact) mass is 296 g/mol. The molecule has 2 aromatic rings. The zero-order chi connectivity index (χ0) is 11.4. The lowest BCUT2D eigenvalue weighted by Crippen LogP contribution is -2.06. The van der Waals surface area contributed by atoms with Crippen molar-refractivity contribution in [2.45, 2.75) is 12.3 Å². The highest BCUT2D eigenvalue weighted by Gasteiger charge is 2.12. The zero-order valence-corrected chi connectivity index (χ0v) is 11.2. The molecule has 0 fully saturated rings. The van der Waals surface area contributed by atoms with Gasteiger partial charge in [0.25, 0.3) is 0 Å². The third kappa shape index (κ3) is 2.94. The number of thiophene rings is 1. The molecular weight excluding hydrogens is 284 g/mol. The number of aliphatic hydroxyl groups excluding tert-OH is 1. The van der Waals surface area contributed by atoms with Crippen molar-refractivity contribution in [3.8, 4) is 0 Å². The first kappa shape index (κ1) is 11.8. The minimum absolute atomic E-state index is 0.189. The van der Waals surface area contributed by atoms with E-state index in [-0.39, 0.29) is 12.5 Å².